The Morgan fingerprint density at radius 3 is 2.31 bits per heavy atom. The molecule has 0 amide bonds. The average Bonchev–Trinajstić information content (AvgIpc) is 2.14. The van der Waals surface area contributed by atoms with Crippen molar-refractivity contribution in [3.63, 3.8) is 0 Å². The molecule has 0 aliphatic rings. The summed E-state index contributed by atoms with van der Waals surface area (Å²) in [5, 5.41) is 8.36. The summed E-state index contributed by atoms with van der Waals surface area (Å²) in [6.07, 6.45) is -8.48. The van der Waals surface area contributed by atoms with E-state index in [1.54, 1.807) is 0 Å². The molecule has 0 unspecified atom stereocenters. The third-order valence-corrected chi connectivity index (χ3v) is 1.69. The first-order valence-corrected chi connectivity index (χ1v) is 3.83. The minimum Gasteiger partial charge on any atom is -0.398 e. The number of nitrogens with zero attached hydrogens (tertiary/aromatic N) is 2. The zero-order chi connectivity index (χ0) is 12.5. The molecule has 1 heterocycles. The Kier molecular flexibility index (Phi) is 2.98. The van der Waals surface area contributed by atoms with Crippen LogP contribution in [-0.2, 0) is 6.18 Å². The van der Waals surface area contributed by atoms with Crippen molar-refractivity contribution in [3.8, 4) is 6.07 Å². The monoisotopic (exact) mass is 237 g/mol. The zero-order valence-corrected chi connectivity index (χ0v) is 7.52. The quantitative estimate of drug-likeness (QED) is 0.763. The summed E-state index contributed by atoms with van der Waals surface area (Å²) in [5.74, 6) is 0. The van der Waals surface area contributed by atoms with Crippen LogP contribution >= 0.6 is 0 Å². The maximum absolute atomic E-state index is 12.4. The smallest absolute Gasteiger partial charge is 0.398 e. The fraction of sp³-hybridized carbons (Fsp3) is 0.250. The number of pyridine rings is 1. The van der Waals surface area contributed by atoms with Crippen LogP contribution in [0.3, 0.4) is 0 Å². The lowest BCUT2D eigenvalue weighted by Gasteiger charge is -2.13. The molecular formula is C8H4F5N3. The lowest BCUT2D eigenvalue weighted by atomic mass is 10.1. The molecule has 0 radical (unpaired) electrons. The molecule has 1 rings (SSSR count). The van der Waals surface area contributed by atoms with E-state index in [0.29, 0.717) is 6.07 Å². The van der Waals surface area contributed by atoms with Gasteiger partial charge in [-0.1, -0.05) is 0 Å². The summed E-state index contributed by atoms with van der Waals surface area (Å²) in [6.45, 7) is 0. The molecule has 0 aliphatic heterocycles. The molecule has 0 spiro atoms. The van der Waals surface area contributed by atoms with Crippen LogP contribution < -0.4 is 5.73 Å². The van der Waals surface area contributed by atoms with Gasteiger partial charge in [0.25, 0.3) is 6.43 Å². The van der Waals surface area contributed by atoms with Crippen LogP contribution in [0.25, 0.3) is 0 Å². The molecular weight excluding hydrogens is 233 g/mol. The summed E-state index contributed by atoms with van der Waals surface area (Å²) in [7, 11) is 0. The molecule has 8 heteroatoms. The maximum atomic E-state index is 12.4. The second-order valence-corrected chi connectivity index (χ2v) is 2.77. The van der Waals surface area contributed by atoms with Crippen molar-refractivity contribution in [1.29, 1.82) is 5.26 Å². The van der Waals surface area contributed by atoms with Crippen molar-refractivity contribution in [3.05, 3.63) is 23.0 Å². The van der Waals surface area contributed by atoms with Crippen LogP contribution in [0, 0.1) is 11.3 Å². The Balaban J connectivity index is 3.55. The van der Waals surface area contributed by atoms with Crippen molar-refractivity contribution in [1.82, 2.24) is 4.98 Å². The highest BCUT2D eigenvalue weighted by Crippen LogP contribution is 2.38. The summed E-state index contributed by atoms with van der Waals surface area (Å²) in [5.41, 5.74) is 0.352. The van der Waals surface area contributed by atoms with Gasteiger partial charge in [-0.25, -0.2) is 13.8 Å². The number of nitrogens with two attached hydrogens (primary N) is 1. The van der Waals surface area contributed by atoms with Gasteiger partial charge >= 0.3 is 6.18 Å². The maximum Gasteiger partial charge on any atom is 0.433 e. The zero-order valence-electron chi connectivity index (χ0n) is 7.52. The van der Waals surface area contributed by atoms with E-state index in [4.69, 9.17) is 11.0 Å². The van der Waals surface area contributed by atoms with Crippen molar-refractivity contribution < 1.29 is 22.0 Å². The van der Waals surface area contributed by atoms with Gasteiger partial charge in [0.15, 0.2) is 5.69 Å². The number of hydrogen-bond donors (Lipinski definition) is 1. The largest absolute Gasteiger partial charge is 0.433 e. The van der Waals surface area contributed by atoms with Crippen LogP contribution in [0.15, 0.2) is 6.07 Å². The summed E-state index contributed by atoms with van der Waals surface area (Å²) in [6, 6.07) is 1.99. The van der Waals surface area contributed by atoms with Gasteiger partial charge in [-0.3, -0.25) is 0 Å². The van der Waals surface area contributed by atoms with Gasteiger partial charge in [-0.05, 0) is 6.07 Å². The molecule has 0 saturated carbocycles. The molecule has 1 aromatic heterocycles. The molecule has 2 N–H and O–H groups in total. The first kappa shape index (κ1) is 12.2. The number of rotatable bonds is 1. The Morgan fingerprint density at radius 1 is 1.38 bits per heavy atom. The predicted octanol–water partition coefficient (Wildman–Crippen LogP) is 2.49. The van der Waals surface area contributed by atoms with E-state index < -0.39 is 35.2 Å². The molecule has 0 aromatic carbocycles. The van der Waals surface area contributed by atoms with Crippen LogP contribution in [0.2, 0.25) is 0 Å². The van der Waals surface area contributed by atoms with Crippen molar-refractivity contribution in [2.24, 2.45) is 0 Å². The summed E-state index contributed by atoms with van der Waals surface area (Å²) in [4.78, 5) is 2.80. The van der Waals surface area contributed by atoms with Crippen LogP contribution in [0.4, 0.5) is 27.6 Å². The standard InChI is InChI=1S/C8H4F5N3/c9-7(10)5-4(15)1-3(2-14)16-6(5)8(11,12)13/h1,7H,(H2,15,16). The molecule has 1 aromatic rings. The van der Waals surface area contributed by atoms with Gasteiger partial charge in [0.05, 0.1) is 5.56 Å². The van der Waals surface area contributed by atoms with E-state index in [1.807, 2.05) is 0 Å². The number of nitriles is 1. The molecule has 0 atom stereocenters. The SMILES string of the molecule is N#Cc1cc(N)c(C(F)F)c(C(F)(F)F)n1. The number of halogens is 5. The average molecular weight is 237 g/mol. The molecule has 0 bridgehead atoms. The van der Waals surface area contributed by atoms with E-state index >= 15 is 0 Å². The summed E-state index contributed by atoms with van der Waals surface area (Å²) < 4.78 is 61.7. The second-order valence-electron chi connectivity index (χ2n) is 2.77. The number of hydrogen-bond acceptors (Lipinski definition) is 3. The predicted molar refractivity (Wildman–Crippen MR) is 43.3 cm³/mol. The Hall–Kier alpha value is -1.91. The van der Waals surface area contributed by atoms with Crippen LogP contribution in [0.1, 0.15) is 23.4 Å². The first-order chi connectivity index (χ1) is 7.27. The fourth-order valence-corrected chi connectivity index (χ4v) is 1.08. The van der Waals surface area contributed by atoms with E-state index in [9.17, 15) is 22.0 Å². The third kappa shape index (κ3) is 2.18. The number of nitrogen functional groups attached to an aromatic ring is 1. The van der Waals surface area contributed by atoms with Crippen molar-refractivity contribution in [2.75, 3.05) is 5.73 Å². The van der Waals surface area contributed by atoms with E-state index in [0.717, 1.165) is 0 Å². The van der Waals surface area contributed by atoms with Gasteiger partial charge in [0.2, 0.25) is 0 Å². The van der Waals surface area contributed by atoms with Gasteiger partial charge in [-0.2, -0.15) is 18.4 Å². The number of alkyl halides is 5. The Bertz CT molecular complexity index is 446. The van der Waals surface area contributed by atoms with Gasteiger partial charge < -0.3 is 5.73 Å². The van der Waals surface area contributed by atoms with Crippen molar-refractivity contribution in [2.45, 2.75) is 12.6 Å². The van der Waals surface area contributed by atoms with Crippen LogP contribution in [-0.4, -0.2) is 4.98 Å². The molecule has 0 saturated heterocycles. The van der Waals surface area contributed by atoms with Gasteiger partial charge in [-0.15, -0.1) is 0 Å². The highest BCUT2D eigenvalue weighted by atomic mass is 19.4. The molecule has 0 fully saturated rings. The van der Waals surface area contributed by atoms with Crippen LogP contribution in [0.5, 0.6) is 0 Å². The lowest BCUT2D eigenvalue weighted by molar-refractivity contribution is -0.143. The number of aromatic nitrogens is 1. The first-order valence-electron chi connectivity index (χ1n) is 3.83. The van der Waals surface area contributed by atoms with Gasteiger partial charge in [0, 0.05) is 5.69 Å². The molecule has 86 valence electrons. The van der Waals surface area contributed by atoms with E-state index in [-0.39, 0.29) is 0 Å². The summed E-state index contributed by atoms with van der Waals surface area (Å²) >= 11 is 0. The highest BCUT2D eigenvalue weighted by Gasteiger charge is 2.39. The Labute approximate surface area is 86.3 Å². The molecule has 3 nitrogen and oxygen atoms in total. The minimum absolute atomic E-state index is 0.658. The van der Waals surface area contributed by atoms with Crippen molar-refractivity contribution >= 4 is 5.69 Å². The lowest BCUT2D eigenvalue weighted by Crippen LogP contribution is -2.15. The second kappa shape index (κ2) is 3.92. The normalized spacial score (nSPS) is 11.6. The van der Waals surface area contributed by atoms with E-state index in [2.05, 4.69) is 4.98 Å². The third-order valence-electron chi connectivity index (χ3n) is 1.69. The topological polar surface area (TPSA) is 62.7 Å². The molecule has 16 heavy (non-hydrogen) atoms. The fourth-order valence-electron chi connectivity index (χ4n) is 1.08. The Morgan fingerprint density at radius 2 is 1.94 bits per heavy atom. The molecule has 0 aliphatic carbocycles. The number of anilines is 1. The minimum atomic E-state index is -5.08. The highest BCUT2D eigenvalue weighted by molar-refractivity contribution is 5.53. The van der Waals surface area contributed by atoms with E-state index in [1.165, 1.54) is 6.07 Å². The van der Waals surface area contributed by atoms with Gasteiger partial charge in [0.1, 0.15) is 11.8 Å².